The molecule has 104 valence electrons. The number of aryl methyl sites for hydroxylation is 2. The Kier molecular flexibility index (Phi) is 4.55. The average molecular weight is 398 g/mol. The summed E-state index contributed by atoms with van der Waals surface area (Å²) >= 11 is 3.63. The summed E-state index contributed by atoms with van der Waals surface area (Å²) < 4.78 is 5.10. The third-order valence-electron chi connectivity index (χ3n) is 3.03. The van der Waals surface area contributed by atoms with Gasteiger partial charge in [0.15, 0.2) is 18.9 Å². The van der Waals surface area contributed by atoms with Crippen molar-refractivity contribution < 1.29 is 21.5 Å². The number of halogens is 2. The minimum atomic E-state index is 0. The average Bonchev–Trinajstić information content (AvgIpc) is 2.67. The lowest BCUT2D eigenvalue weighted by atomic mass is 10.3. The molecule has 0 spiro atoms. The third-order valence-corrected chi connectivity index (χ3v) is 3.84. The number of pyridine rings is 1. The number of hydrogen-bond acceptors (Lipinski definition) is 2. The molecule has 0 aliphatic rings. The van der Waals surface area contributed by atoms with Crippen molar-refractivity contribution >= 4 is 21.7 Å². The third kappa shape index (κ3) is 2.76. The van der Waals surface area contributed by atoms with Crippen molar-refractivity contribution in [3.63, 3.8) is 0 Å². The first-order valence-corrected chi connectivity index (χ1v) is 6.89. The summed E-state index contributed by atoms with van der Waals surface area (Å²) in [7, 11) is 0. The van der Waals surface area contributed by atoms with E-state index < -0.39 is 0 Å². The van der Waals surface area contributed by atoms with Crippen LogP contribution in [0.2, 0.25) is 0 Å². The standard InChI is InChI=1S/C14H14BrN4.BrH/c1-10-8-11(2)19-13(15)12(17-14(19)16-10)9-18-6-4-3-5-7-18;/h3-8H,9H2,1-2H3;1H/q+1;/p-1. The molecule has 0 amide bonds. The molecule has 0 aromatic carbocycles. The lowest BCUT2D eigenvalue weighted by Gasteiger charge is -2.01. The molecular formula is C14H14Br2N4. The van der Waals surface area contributed by atoms with Crippen molar-refractivity contribution in [1.82, 2.24) is 14.4 Å². The van der Waals surface area contributed by atoms with E-state index in [2.05, 4.69) is 43.5 Å². The van der Waals surface area contributed by atoms with Gasteiger partial charge in [-0.3, -0.25) is 4.40 Å². The molecule has 0 aliphatic carbocycles. The SMILES string of the molecule is Cc1cc(C)n2c(Br)c(C[n+]3ccccc3)nc2n1.[Br-]. The fraction of sp³-hybridized carbons (Fsp3) is 0.214. The molecule has 0 unspecified atom stereocenters. The second-order valence-electron chi connectivity index (χ2n) is 4.57. The van der Waals surface area contributed by atoms with E-state index in [9.17, 15) is 0 Å². The predicted octanol–water partition coefficient (Wildman–Crippen LogP) is -0.552. The van der Waals surface area contributed by atoms with Gasteiger partial charge in [-0.05, 0) is 35.8 Å². The first-order chi connectivity index (χ1) is 9.15. The Morgan fingerprint density at radius 2 is 1.85 bits per heavy atom. The number of fused-ring (bicyclic) bond motifs is 1. The highest BCUT2D eigenvalue weighted by Gasteiger charge is 2.16. The minimum Gasteiger partial charge on any atom is -1.00 e. The fourth-order valence-corrected chi connectivity index (χ4v) is 2.84. The Morgan fingerprint density at radius 3 is 2.55 bits per heavy atom. The Hall–Kier alpha value is -1.27. The number of nitrogens with zero attached hydrogens (tertiary/aromatic N) is 4. The smallest absolute Gasteiger partial charge is 0.235 e. The molecule has 0 N–H and O–H groups in total. The first kappa shape index (κ1) is 15.1. The van der Waals surface area contributed by atoms with Crippen molar-refractivity contribution in [2.24, 2.45) is 0 Å². The molecule has 3 rings (SSSR count). The second-order valence-corrected chi connectivity index (χ2v) is 5.32. The minimum absolute atomic E-state index is 0. The Balaban J connectivity index is 0.00000147. The van der Waals surface area contributed by atoms with Crippen molar-refractivity contribution in [3.8, 4) is 0 Å². The normalized spacial score (nSPS) is 10.6. The van der Waals surface area contributed by atoms with Crippen LogP contribution < -0.4 is 21.5 Å². The van der Waals surface area contributed by atoms with Crippen LogP contribution in [-0.2, 0) is 6.54 Å². The molecule has 0 saturated heterocycles. The predicted molar refractivity (Wildman–Crippen MR) is 75.9 cm³/mol. The topological polar surface area (TPSA) is 34.1 Å². The van der Waals surface area contributed by atoms with Gasteiger partial charge in [-0.1, -0.05) is 6.07 Å². The van der Waals surface area contributed by atoms with Gasteiger partial charge in [0.05, 0.1) is 0 Å². The maximum absolute atomic E-state index is 4.61. The van der Waals surface area contributed by atoms with Gasteiger partial charge in [-0.15, -0.1) is 0 Å². The van der Waals surface area contributed by atoms with Crippen LogP contribution in [0.1, 0.15) is 17.1 Å². The van der Waals surface area contributed by atoms with E-state index in [4.69, 9.17) is 0 Å². The van der Waals surface area contributed by atoms with Crippen molar-refractivity contribution in [3.05, 3.63) is 58.3 Å². The molecule has 3 heterocycles. The molecule has 0 bridgehead atoms. The quantitative estimate of drug-likeness (QED) is 0.544. The van der Waals surface area contributed by atoms with Crippen LogP contribution in [0.4, 0.5) is 0 Å². The molecule has 3 aromatic heterocycles. The molecule has 6 heteroatoms. The molecule has 20 heavy (non-hydrogen) atoms. The van der Waals surface area contributed by atoms with Crippen LogP contribution in [-0.4, -0.2) is 14.4 Å². The Labute approximate surface area is 136 Å². The highest BCUT2D eigenvalue weighted by Crippen LogP contribution is 2.20. The van der Waals surface area contributed by atoms with Gasteiger partial charge in [-0.2, -0.15) is 4.57 Å². The number of rotatable bonds is 2. The number of hydrogen-bond donors (Lipinski definition) is 0. The van der Waals surface area contributed by atoms with E-state index in [1.54, 1.807) is 0 Å². The van der Waals surface area contributed by atoms with E-state index in [0.717, 1.165) is 34.0 Å². The van der Waals surface area contributed by atoms with Crippen molar-refractivity contribution in [2.45, 2.75) is 20.4 Å². The Bertz CT molecular complexity index is 738. The van der Waals surface area contributed by atoms with Crippen LogP contribution in [0.15, 0.2) is 41.3 Å². The summed E-state index contributed by atoms with van der Waals surface area (Å²) in [5.41, 5.74) is 3.10. The van der Waals surface area contributed by atoms with Gasteiger partial charge in [0.25, 0.3) is 0 Å². The van der Waals surface area contributed by atoms with Gasteiger partial charge in [0.1, 0.15) is 10.3 Å². The monoisotopic (exact) mass is 396 g/mol. The summed E-state index contributed by atoms with van der Waals surface area (Å²) in [4.78, 5) is 9.09. The van der Waals surface area contributed by atoms with Crippen LogP contribution in [0.25, 0.3) is 5.78 Å². The molecule has 0 atom stereocenters. The first-order valence-electron chi connectivity index (χ1n) is 6.10. The van der Waals surface area contributed by atoms with Crippen LogP contribution >= 0.6 is 15.9 Å². The largest absolute Gasteiger partial charge is 1.00 e. The summed E-state index contributed by atoms with van der Waals surface area (Å²) in [6.07, 6.45) is 4.06. The van der Waals surface area contributed by atoms with Crippen molar-refractivity contribution in [2.75, 3.05) is 0 Å². The van der Waals surface area contributed by atoms with Crippen LogP contribution in [0.5, 0.6) is 0 Å². The van der Waals surface area contributed by atoms with Gasteiger partial charge in [0.2, 0.25) is 5.78 Å². The van der Waals surface area contributed by atoms with Gasteiger partial charge in [-0.25, -0.2) is 9.97 Å². The van der Waals surface area contributed by atoms with Crippen LogP contribution in [0.3, 0.4) is 0 Å². The molecular weight excluding hydrogens is 384 g/mol. The van der Waals surface area contributed by atoms with E-state index in [1.807, 2.05) is 41.9 Å². The lowest BCUT2D eigenvalue weighted by Crippen LogP contribution is -3.00. The van der Waals surface area contributed by atoms with E-state index >= 15 is 0 Å². The molecule has 0 fully saturated rings. The fourth-order valence-electron chi connectivity index (χ4n) is 2.19. The zero-order chi connectivity index (χ0) is 13.4. The Morgan fingerprint density at radius 1 is 1.15 bits per heavy atom. The molecule has 0 aliphatic heterocycles. The van der Waals surface area contributed by atoms with Gasteiger partial charge in [0, 0.05) is 23.5 Å². The maximum atomic E-state index is 4.61. The number of aromatic nitrogens is 4. The van der Waals surface area contributed by atoms with Gasteiger partial charge >= 0.3 is 0 Å². The highest BCUT2D eigenvalue weighted by atomic mass is 79.9. The number of imidazole rings is 1. The lowest BCUT2D eigenvalue weighted by molar-refractivity contribution is -0.688. The summed E-state index contributed by atoms with van der Waals surface area (Å²) in [5, 5.41) is 0. The zero-order valence-electron chi connectivity index (χ0n) is 11.2. The van der Waals surface area contributed by atoms with Crippen molar-refractivity contribution in [1.29, 1.82) is 0 Å². The zero-order valence-corrected chi connectivity index (χ0v) is 14.4. The molecule has 4 nitrogen and oxygen atoms in total. The van der Waals surface area contributed by atoms with E-state index in [1.165, 1.54) is 0 Å². The molecule has 3 aromatic rings. The van der Waals surface area contributed by atoms with Gasteiger partial charge < -0.3 is 17.0 Å². The maximum Gasteiger partial charge on any atom is 0.235 e. The summed E-state index contributed by atoms with van der Waals surface area (Å²) in [5.74, 6) is 0.746. The molecule has 0 radical (unpaired) electrons. The highest BCUT2D eigenvalue weighted by molar-refractivity contribution is 9.10. The summed E-state index contributed by atoms with van der Waals surface area (Å²) in [6.45, 7) is 4.78. The molecule has 0 saturated carbocycles. The van der Waals surface area contributed by atoms with E-state index in [0.29, 0.717) is 0 Å². The van der Waals surface area contributed by atoms with Crippen LogP contribution in [0, 0.1) is 13.8 Å². The van der Waals surface area contributed by atoms with E-state index in [-0.39, 0.29) is 17.0 Å². The second kappa shape index (κ2) is 6.01. The summed E-state index contributed by atoms with van der Waals surface area (Å²) in [6, 6.07) is 8.08.